The number of aryl methyl sites for hydroxylation is 1. The van der Waals surface area contributed by atoms with Crippen molar-refractivity contribution in [3.8, 4) is 0 Å². The maximum atomic E-state index is 13.1. The van der Waals surface area contributed by atoms with Crippen molar-refractivity contribution in [2.24, 2.45) is 0 Å². The maximum absolute atomic E-state index is 13.1. The summed E-state index contributed by atoms with van der Waals surface area (Å²) in [6.45, 7) is 5.67. The standard InChI is InChI=1S/C20H23N5O2S/c1-14-4-2-6-16-17(14)22-20(28-16)23-18-15(5-3-7-21-18)19(27)25-10-8-24(9-11-25)12-13-26/h2-7,26H,8-13H2,1H3,(H,21,22,23). The lowest BCUT2D eigenvalue weighted by molar-refractivity contribution is 0.0615. The van der Waals surface area contributed by atoms with E-state index in [1.54, 1.807) is 29.7 Å². The van der Waals surface area contributed by atoms with Crippen molar-refractivity contribution in [3.63, 3.8) is 0 Å². The number of amides is 1. The molecule has 2 N–H and O–H groups in total. The zero-order valence-electron chi connectivity index (χ0n) is 15.8. The summed E-state index contributed by atoms with van der Waals surface area (Å²) in [6, 6.07) is 9.69. The Kier molecular flexibility index (Phi) is 5.52. The monoisotopic (exact) mass is 397 g/mol. The average molecular weight is 398 g/mol. The smallest absolute Gasteiger partial charge is 0.257 e. The summed E-state index contributed by atoms with van der Waals surface area (Å²) in [4.78, 5) is 26.1. The van der Waals surface area contributed by atoms with Crippen LogP contribution in [0.5, 0.6) is 0 Å². The fourth-order valence-electron chi connectivity index (χ4n) is 3.40. The molecule has 1 amide bonds. The number of aliphatic hydroxyl groups is 1. The number of piperazine rings is 1. The van der Waals surface area contributed by atoms with Gasteiger partial charge in [-0.1, -0.05) is 23.5 Å². The third-order valence-electron chi connectivity index (χ3n) is 4.96. The van der Waals surface area contributed by atoms with E-state index in [1.165, 1.54) is 0 Å². The summed E-state index contributed by atoms with van der Waals surface area (Å²) in [7, 11) is 0. The molecule has 0 spiro atoms. The fourth-order valence-corrected chi connectivity index (χ4v) is 4.35. The molecule has 1 aromatic carbocycles. The van der Waals surface area contributed by atoms with Crippen LogP contribution in [0.25, 0.3) is 10.2 Å². The van der Waals surface area contributed by atoms with Crippen molar-refractivity contribution < 1.29 is 9.90 Å². The molecule has 0 atom stereocenters. The molecule has 7 nitrogen and oxygen atoms in total. The van der Waals surface area contributed by atoms with E-state index in [0.29, 0.717) is 31.0 Å². The topological polar surface area (TPSA) is 81.6 Å². The van der Waals surface area contributed by atoms with Crippen LogP contribution in [0.3, 0.4) is 0 Å². The van der Waals surface area contributed by atoms with Crippen LogP contribution in [0.2, 0.25) is 0 Å². The first-order valence-corrected chi connectivity index (χ1v) is 10.2. The predicted molar refractivity (Wildman–Crippen MR) is 111 cm³/mol. The van der Waals surface area contributed by atoms with Gasteiger partial charge in [-0.2, -0.15) is 0 Å². The average Bonchev–Trinajstić information content (AvgIpc) is 3.13. The van der Waals surface area contributed by atoms with Gasteiger partial charge in [0.1, 0.15) is 5.82 Å². The van der Waals surface area contributed by atoms with Gasteiger partial charge in [0.05, 0.1) is 22.4 Å². The molecule has 146 valence electrons. The third-order valence-corrected chi connectivity index (χ3v) is 5.90. The lowest BCUT2D eigenvalue weighted by Crippen LogP contribution is -2.49. The molecule has 0 radical (unpaired) electrons. The van der Waals surface area contributed by atoms with Gasteiger partial charge in [0.2, 0.25) is 0 Å². The van der Waals surface area contributed by atoms with Crippen LogP contribution in [0, 0.1) is 6.92 Å². The number of anilines is 2. The van der Waals surface area contributed by atoms with Gasteiger partial charge >= 0.3 is 0 Å². The molecule has 0 bridgehead atoms. The van der Waals surface area contributed by atoms with E-state index in [9.17, 15) is 4.79 Å². The number of hydrogen-bond donors (Lipinski definition) is 2. The van der Waals surface area contributed by atoms with Gasteiger partial charge in [-0.25, -0.2) is 9.97 Å². The van der Waals surface area contributed by atoms with Gasteiger partial charge in [-0.15, -0.1) is 0 Å². The normalized spacial score (nSPS) is 15.1. The molecule has 8 heteroatoms. The SMILES string of the molecule is Cc1cccc2sc(Nc3ncccc3C(=O)N3CCN(CCO)CC3)nc12. The molecule has 1 aliphatic heterocycles. The minimum absolute atomic E-state index is 0.0310. The van der Waals surface area contributed by atoms with E-state index in [2.05, 4.69) is 20.2 Å². The number of β-amino-alcohol motifs (C(OH)–C–C–N with tert-alkyl or cyclic N) is 1. The maximum Gasteiger partial charge on any atom is 0.257 e. The van der Waals surface area contributed by atoms with E-state index < -0.39 is 0 Å². The highest BCUT2D eigenvalue weighted by molar-refractivity contribution is 7.22. The van der Waals surface area contributed by atoms with E-state index in [4.69, 9.17) is 5.11 Å². The first-order chi connectivity index (χ1) is 13.7. The van der Waals surface area contributed by atoms with Crippen LogP contribution in [-0.4, -0.2) is 70.1 Å². The molecule has 1 fully saturated rings. The predicted octanol–water partition coefficient (Wildman–Crippen LogP) is 2.49. The number of fused-ring (bicyclic) bond motifs is 1. The van der Waals surface area contributed by atoms with Crippen LogP contribution in [0.15, 0.2) is 36.5 Å². The molecule has 0 saturated carbocycles. The minimum atomic E-state index is -0.0310. The van der Waals surface area contributed by atoms with E-state index in [1.807, 2.05) is 30.0 Å². The highest BCUT2D eigenvalue weighted by Gasteiger charge is 2.24. The highest BCUT2D eigenvalue weighted by atomic mass is 32.1. The summed E-state index contributed by atoms with van der Waals surface area (Å²) in [5.41, 5.74) is 2.65. The first-order valence-electron chi connectivity index (χ1n) is 9.36. The van der Waals surface area contributed by atoms with E-state index >= 15 is 0 Å². The number of hydrogen-bond acceptors (Lipinski definition) is 7. The zero-order chi connectivity index (χ0) is 19.5. The van der Waals surface area contributed by atoms with Gasteiger partial charge in [0.25, 0.3) is 5.91 Å². The Balaban J connectivity index is 1.53. The second-order valence-electron chi connectivity index (χ2n) is 6.82. The fraction of sp³-hybridized carbons (Fsp3) is 0.350. The van der Waals surface area contributed by atoms with Crippen LogP contribution < -0.4 is 5.32 Å². The number of nitrogens with zero attached hydrogens (tertiary/aromatic N) is 4. The number of benzene rings is 1. The van der Waals surface area contributed by atoms with Crippen LogP contribution >= 0.6 is 11.3 Å². The number of carbonyl (C=O) groups is 1. The number of aliphatic hydroxyl groups excluding tert-OH is 1. The summed E-state index contributed by atoms with van der Waals surface area (Å²) >= 11 is 1.55. The molecule has 1 saturated heterocycles. The molecular formula is C20H23N5O2S. The zero-order valence-corrected chi connectivity index (χ0v) is 16.6. The Labute approximate surface area is 167 Å². The Hall–Kier alpha value is -2.55. The Morgan fingerprint density at radius 2 is 2.04 bits per heavy atom. The van der Waals surface area contributed by atoms with Crippen molar-refractivity contribution in [3.05, 3.63) is 47.7 Å². The van der Waals surface area contributed by atoms with Crippen LogP contribution in [-0.2, 0) is 0 Å². The third kappa shape index (κ3) is 3.84. The number of thiazole rings is 1. The molecule has 0 unspecified atom stereocenters. The van der Waals surface area contributed by atoms with Gasteiger partial charge < -0.3 is 15.3 Å². The number of aromatic nitrogens is 2. The molecule has 3 heterocycles. The summed E-state index contributed by atoms with van der Waals surface area (Å²) in [6.07, 6.45) is 1.68. The lowest BCUT2D eigenvalue weighted by atomic mass is 10.2. The number of carbonyl (C=O) groups excluding carboxylic acids is 1. The van der Waals surface area contributed by atoms with Crippen LogP contribution in [0.4, 0.5) is 10.9 Å². The minimum Gasteiger partial charge on any atom is -0.395 e. The van der Waals surface area contributed by atoms with Gasteiger partial charge in [0.15, 0.2) is 5.13 Å². The Morgan fingerprint density at radius 3 is 2.79 bits per heavy atom. The first kappa shape index (κ1) is 18.8. The molecular weight excluding hydrogens is 374 g/mol. The van der Waals surface area contributed by atoms with Gasteiger partial charge in [0, 0.05) is 38.9 Å². The molecule has 2 aromatic heterocycles. The molecule has 4 rings (SSSR count). The number of para-hydroxylation sites is 1. The highest BCUT2D eigenvalue weighted by Crippen LogP contribution is 2.30. The molecule has 3 aromatic rings. The van der Waals surface area contributed by atoms with Crippen molar-refractivity contribution in [2.45, 2.75) is 6.92 Å². The van der Waals surface area contributed by atoms with E-state index in [0.717, 1.165) is 34.0 Å². The number of pyridine rings is 1. The van der Waals surface area contributed by atoms with Crippen LogP contribution in [0.1, 0.15) is 15.9 Å². The molecule has 0 aliphatic carbocycles. The van der Waals surface area contributed by atoms with Crippen molar-refractivity contribution >= 4 is 38.4 Å². The van der Waals surface area contributed by atoms with E-state index in [-0.39, 0.29) is 12.5 Å². The second-order valence-corrected chi connectivity index (χ2v) is 7.85. The Bertz CT molecular complexity index is 982. The van der Waals surface area contributed by atoms with Crippen molar-refractivity contribution in [1.29, 1.82) is 0 Å². The number of nitrogens with one attached hydrogen (secondary N) is 1. The largest absolute Gasteiger partial charge is 0.395 e. The van der Waals surface area contributed by atoms with Crippen molar-refractivity contribution in [2.75, 3.05) is 44.6 Å². The number of rotatable bonds is 5. The summed E-state index contributed by atoms with van der Waals surface area (Å²) < 4.78 is 1.10. The Morgan fingerprint density at radius 1 is 1.21 bits per heavy atom. The van der Waals surface area contributed by atoms with Crippen molar-refractivity contribution in [1.82, 2.24) is 19.8 Å². The summed E-state index contributed by atoms with van der Waals surface area (Å²) in [5.74, 6) is 0.499. The van der Waals surface area contributed by atoms with Gasteiger partial charge in [-0.05, 0) is 30.7 Å². The quantitative estimate of drug-likeness (QED) is 0.688. The second kappa shape index (κ2) is 8.22. The summed E-state index contributed by atoms with van der Waals surface area (Å²) in [5, 5.41) is 13.0. The molecule has 28 heavy (non-hydrogen) atoms. The molecule has 1 aliphatic rings. The van der Waals surface area contributed by atoms with Gasteiger partial charge in [-0.3, -0.25) is 9.69 Å². The lowest BCUT2D eigenvalue weighted by Gasteiger charge is -2.34.